The largest absolute Gasteiger partial charge is 0.494 e. The molecule has 0 fully saturated rings. The molecule has 0 bridgehead atoms. The minimum absolute atomic E-state index is 0.289. The summed E-state index contributed by atoms with van der Waals surface area (Å²) in [6.07, 6.45) is 0. The third-order valence-corrected chi connectivity index (χ3v) is 3.55. The van der Waals surface area contributed by atoms with E-state index in [-0.39, 0.29) is 5.91 Å². The van der Waals surface area contributed by atoms with Crippen LogP contribution in [0, 0.1) is 0 Å². The van der Waals surface area contributed by atoms with Crippen LogP contribution in [0.4, 0.5) is 0 Å². The predicted octanol–water partition coefficient (Wildman–Crippen LogP) is 3.26. The van der Waals surface area contributed by atoms with Crippen LogP contribution in [0.3, 0.4) is 0 Å². The summed E-state index contributed by atoms with van der Waals surface area (Å²) in [5.41, 5.74) is 4.53. The lowest BCUT2D eigenvalue weighted by atomic mass is 10.1. The van der Waals surface area contributed by atoms with Crippen LogP contribution in [0.2, 0.25) is 0 Å². The Balaban J connectivity index is 2.08. The number of methoxy groups -OCH3 is 2. The van der Waals surface area contributed by atoms with Crippen molar-refractivity contribution in [3.05, 3.63) is 53.6 Å². The van der Waals surface area contributed by atoms with Crippen LogP contribution >= 0.6 is 0 Å². The molecule has 2 aromatic rings. The molecule has 25 heavy (non-hydrogen) atoms. The molecule has 0 saturated carbocycles. The van der Waals surface area contributed by atoms with Crippen LogP contribution in [0.5, 0.6) is 17.2 Å². The molecular weight excluding hydrogens is 320 g/mol. The van der Waals surface area contributed by atoms with Crippen molar-refractivity contribution in [3.8, 4) is 17.2 Å². The molecule has 0 radical (unpaired) electrons. The van der Waals surface area contributed by atoms with E-state index < -0.39 is 0 Å². The van der Waals surface area contributed by atoms with E-state index in [4.69, 9.17) is 14.2 Å². The maximum atomic E-state index is 12.2. The minimum Gasteiger partial charge on any atom is -0.494 e. The van der Waals surface area contributed by atoms with Gasteiger partial charge in [0.15, 0.2) is 11.5 Å². The van der Waals surface area contributed by atoms with Crippen LogP contribution in [0.15, 0.2) is 47.6 Å². The van der Waals surface area contributed by atoms with Gasteiger partial charge in [0.25, 0.3) is 5.91 Å². The SMILES string of the molecule is CCOc1ccc(C(=O)N/N=C(\C)c2ccc(OC)c(OC)c2)cc1. The summed E-state index contributed by atoms with van der Waals surface area (Å²) in [5, 5.41) is 4.15. The molecule has 0 aliphatic carbocycles. The maximum absolute atomic E-state index is 12.2. The first-order valence-corrected chi connectivity index (χ1v) is 7.89. The average molecular weight is 342 g/mol. The van der Waals surface area contributed by atoms with Gasteiger partial charge in [-0.15, -0.1) is 0 Å². The van der Waals surface area contributed by atoms with E-state index in [2.05, 4.69) is 10.5 Å². The fourth-order valence-electron chi connectivity index (χ4n) is 2.19. The fraction of sp³-hybridized carbons (Fsp3) is 0.263. The number of carbonyl (C=O) groups is 1. The van der Waals surface area contributed by atoms with Gasteiger partial charge in [-0.2, -0.15) is 5.10 Å². The number of hydrazone groups is 1. The summed E-state index contributed by atoms with van der Waals surface area (Å²) in [4.78, 5) is 12.2. The number of nitrogens with zero attached hydrogens (tertiary/aromatic N) is 1. The molecule has 132 valence electrons. The second-order valence-electron chi connectivity index (χ2n) is 5.17. The van der Waals surface area contributed by atoms with E-state index in [1.54, 1.807) is 57.5 Å². The topological polar surface area (TPSA) is 69.2 Å². The Morgan fingerprint density at radius 3 is 2.24 bits per heavy atom. The number of hydrogen-bond acceptors (Lipinski definition) is 5. The molecule has 0 spiro atoms. The summed E-state index contributed by atoms with van der Waals surface area (Å²) in [5.74, 6) is 1.68. The molecule has 1 N–H and O–H groups in total. The summed E-state index contributed by atoms with van der Waals surface area (Å²) in [7, 11) is 3.15. The van der Waals surface area contributed by atoms with Crippen molar-refractivity contribution < 1.29 is 19.0 Å². The molecule has 0 aromatic heterocycles. The van der Waals surface area contributed by atoms with E-state index in [1.807, 2.05) is 13.0 Å². The Morgan fingerprint density at radius 2 is 1.64 bits per heavy atom. The zero-order valence-corrected chi connectivity index (χ0v) is 14.8. The van der Waals surface area contributed by atoms with Crippen molar-refractivity contribution in [2.24, 2.45) is 5.10 Å². The molecule has 0 saturated heterocycles. The molecule has 6 nitrogen and oxygen atoms in total. The Morgan fingerprint density at radius 1 is 1.00 bits per heavy atom. The van der Waals surface area contributed by atoms with Gasteiger partial charge in [-0.1, -0.05) is 0 Å². The summed E-state index contributed by atoms with van der Waals surface area (Å²) in [6, 6.07) is 12.3. The van der Waals surface area contributed by atoms with Gasteiger partial charge in [0.05, 0.1) is 26.5 Å². The van der Waals surface area contributed by atoms with E-state index in [0.29, 0.717) is 29.4 Å². The van der Waals surface area contributed by atoms with Crippen LogP contribution in [0.1, 0.15) is 29.8 Å². The number of amides is 1. The lowest BCUT2D eigenvalue weighted by molar-refractivity contribution is 0.0955. The van der Waals surface area contributed by atoms with E-state index >= 15 is 0 Å². The van der Waals surface area contributed by atoms with E-state index in [0.717, 1.165) is 11.3 Å². The van der Waals surface area contributed by atoms with Crippen LogP contribution in [0.25, 0.3) is 0 Å². The van der Waals surface area contributed by atoms with Crippen molar-refractivity contribution in [1.29, 1.82) is 0 Å². The van der Waals surface area contributed by atoms with Gasteiger partial charge in [-0.05, 0) is 56.3 Å². The molecule has 2 aromatic carbocycles. The van der Waals surface area contributed by atoms with Crippen molar-refractivity contribution in [1.82, 2.24) is 5.43 Å². The zero-order valence-electron chi connectivity index (χ0n) is 14.8. The van der Waals surface area contributed by atoms with E-state index in [1.165, 1.54) is 0 Å². The Bertz CT molecular complexity index is 755. The molecule has 0 unspecified atom stereocenters. The summed E-state index contributed by atoms with van der Waals surface area (Å²) >= 11 is 0. The first kappa shape index (κ1) is 18.3. The number of ether oxygens (including phenoxy) is 3. The van der Waals surface area contributed by atoms with Gasteiger partial charge in [-0.25, -0.2) is 5.43 Å². The van der Waals surface area contributed by atoms with Crippen molar-refractivity contribution in [2.45, 2.75) is 13.8 Å². The van der Waals surface area contributed by atoms with Gasteiger partial charge in [0.2, 0.25) is 0 Å². The monoisotopic (exact) mass is 342 g/mol. The second kappa shape index (κ2) is 8.73. The van der Waals surface area contributed by atoms with E-state index in [9.17, 15) is 4.79 Å². The predicted molar refractivity (Wildman–Crippen MR) is 96.8 cm³/mol. The number of rotatable bonds is 7. The first-order valence-electron chi connectivity index (χ1n) is 7.89. The molecule has 0 heterocycles. The lowest BCUT2D eigenvalue weighted by Gasteiger charge is -2.09. The van der Waals surface area contributed by atoms with Gasteiger partial charge in [0.1, 0.15) is 5.75 Å². The highest BCUT2D eigenvalue weighted by molar-refractivity contribution is 6.01. The highest BCUT2D eigenvalue weighted by Gasteiger charge is 2.08. The lowest BCUT2D eigenvalue weighted by Crippen LogP contribution is -2.19. The maximum Gasteiger partial charge on any atom is 0.271 e. The van der Waals surface area contributed by atoms with Crippen LogP contribution in [-0.4, -0.2) is 32.4 Å². The number of carbonyl (C=O) groups excluding carboxylic acids is 1. The number of nitrogens with one attached hydrogen (secondary N) is 1. The van der Waals surface area contributed by atoms with Crippen LogP contribution in [-0.2, 0) is 0 Å². The molecular formula is C19H22N2O4. The highest BCUT2D eigenvalue weighted by Crippen LogP contribution is 2.27. The Kier molecular flexibility index (Phi) is 6.39. The quantitative estimate of drug-likeness (QED) is 0.619. The molecule has 0 aliphatic rings. The van der Waals surface area contributed by atoms with Gasteiger partial charge >= 0.3 is 0 Å². The third kappa shape index (κ3) is 4.73. The van der Waals surface area contributed by atoms with Gasteiger partial charge < -0.3 is 14.2 Å². The normalized spacial score (nSPS) is 11.0. The smallest absolute Gasteiger partial charge is 0.271 e. The van der Waals surface area contributed by atoms with Crippen LogP contribution < -0.4 is 19.6 Å². The first-order chi connectivity index (χ1) is 12.1. The number of benzene rings is 2. The molecule has 2 rings (SSSR count). The Hall–Kier alpha value is -3.02. The van der Waals surface area contributed by atoms with Gasteiger partial charge in [-0.3, -0.25) is 4.79 Å². The highest BCUT2D eigenvalue weighted by atomic mass is 16.5. The average Bonchev–Trinajstić information content (AvgIpc) is 2.66. The second-order valence-corrected chi connectivity index (χ2v) is 5.17. The molecule has 6 heteroatoms. The minimum atomic E-state index is -0.289. The third-order valence-electron chi connectivity index (χ3n) is 3.55. The molecule has 1 amide bonds. The van der Waals surface area contributed by atoms with Crippen molar-refractivity contribution >= 4 is 11.6 Å². The van der Waals surface area contributed by atoms with Crippen molar-refractivity contribution in [2.75, 3.05) is 20.8 Å². The molecule has 0 atom stereocenters. The summed E-state index contributed by atoms with van der Waals surface area (Å²) in [6.45, 7) is 4.30. The summed E-state index contributed by atoms with van der Waals surface area (Å²) < 4.78 is 15.8. The van der Waals surface area contributed by atoms with Gasteiger partial charge in [0, 0.05) is 11.1 Å². The van der Waals surface area contributed by atoms with Crippen molar-refractivity contribution in [3.63, 3.8) is 0 Å². The fourth-order valence-corrected chi connectivity index (χ4v) is 2.19. The Labute approximate surface area is 147 Å². The zero-order chi connectivity index (χ0) is 18.2. The standard InChI is InChI=1S/C19H22N2O4/c1-5-25-16-9-6-14(7-10-16)19(22)21-20-13(2)15-8-11-17(23-3)18(12-15)24-4/h6-12H,5H2,1-4H3,(H,21,22)/b20-13+. The number of hydrogen-bond donors (Lipinski definition) is 1. The molecule has 0 aliphatic heterocycles.